The van der Waals surface area contributed by atoms with Crippen molar-refractivity contribution in [3.8, 4) is 0 Å². The van der Waals surface area contributed by atoms with Gasteiger partial charge in [0.25, 0.3) is 5.91 Å². The molecule has 3 aromatic rings. The predicted octanol–water partition coefficient (Wildman–Crippen LogP) is 3.01. The number of fused-ring (bicyclic) bond motifs is 2. The minimum atomic E-state index is 0.0585. The Kier molecular flexibility index (Phi) is 5.55. The summed E-state index contributed by atoms with van der Waals surface area (Å²) in [4.78, 5) is 34.6. The number of aromatic amines is 1. The van der Waals surface area contributed by atoms with E-state index in [9.17, 15) is 4.79 Å². The fourth-order valence-corrected chi connectivity index (χ4v) is 5.37. The van der Waals surface area contributed by atoms with E-state index in [2.05, 4.69) is 74.1 Å². The van der Waals surface area contributed by atoms with Gasteiger partial charge in [0.15, 0.2) is 11.5 Å². The van der Waals surface area contributed by atoms with Gasteiger partial charge in [-0.3, -0.25) is 4.79 Å². The summed E-state index contributed by atoms with van der Waals surface area (Å²) >= 11 is 0. The first-order chi connectivity index (χ1) is 15.6. The summed E-state index contributed by atoms with van der Waals surface area (Å²) in [6.45, 7) is 6.26. The Balaban J connectivity index is 1.52. The minimum absolute atomic E-state index is 0.0585. The molecule has 2 aliphatic rings. The Morgan fingerprint density at radius 2 is 2.03 bits per heavy atom. The average Bonchev–Trinajstić information content (AvgIpc) is 3.28. The summed E-state index contributed by atoms with van der Waals surface area (Å²) in [5.74, 6) is 0.920. The first-order valence-corrected chi connectivity index (χ1v) is 11.6. The number of carbonyl (C=O) groups is 1. The van der Waals surface area contributed by atoms with Crippen LogP contribution in [-0.4, -0.2) is 73.9 Å². The van der Waals surface area contributed by atoms with E-state index in [4.69, 9.17) is 0 Å². The topological polar surface area (TPSA) is 90.0 Å². The van der Waals surface area contributed by atoms with Gasteiger partial charge in [-0.25, -0.2) is 15.0 Å². The summed E-state index contributed by atoms with van der Waals surface area (Å²) in [5, 5.41) is 3.64. The molecule has 2 atom stereocenters. The Morgan fingerprint density at radius 3 is 2.81 bits per heavy atom. The number of nitrogens with zero attached hydrogens (tertiary/aromatic N) is 5. The van der Waals surface area contributed by atoms with Crippen LogP contribution in [0.1, 0.15) is 47.7 Å². The van der Waals surface area contributed by atoms with Crippen LogP contribution in [0.5, 0.6) is 0 Å². The Hall–Kier alpha value is -3.00. The molecule has 2 unspecified atom stereocenters. The summed E-state index contributed by atoms with van der Waals surface area (Å²) in [7, 11) is 2.16. The van der Waals surface area contributed by atoms with E-state index >= 15 is 0 Å². The van der Waals surface area contributed by atoms with Crippen LogP contribution >= 0.6 is 0 Å². The zero-order valence-corrected chi connectivity index (χ0v) is 19.0. The third kappa shape index (κ3) is 3.62. The van der Waals surface area contributed by atoms with Crippen molar-refractivity contribution in [2.45, 2.75) is 57.7 Å². The lowest BCUT2D eigenvalue weighted by atomic mass is 9.84. The zero-order valence-electron chi connectivity index (χ0n) is 19.0. The van der Waals surface area contributed by atoms with E-state index in [-0.39, 0.29) is 24.0 Å². The molecule has 168 valence electrons. The highest BCUT2D eigenvalue weighted by Gasteiger charge is 2.41. The van der Waals surface area contributed by atoms with Crippen LogP contribution in [-0.2, 0) is 6.42 Å². The molecule has 5 rings (SSSR count). The normalized spacial score (nSPS) is 21.0. The quantitative estimate of drug-likeness (QED) is 0.643. The Bertz CT molecular complexity index is 1120. The molecule has 1 amide bonds. The highest BCUT2D eigenvalue weighted by molar-refractivity contribution is 5.99. The molecule has 2 aromatic heterocycles. The van der Waals surface area contributed by atoms with Crippen LogP contribution in [0.2, 0.25) is 0 Å². The molecular formula is C24H31N7O. The number of H-pyrrole nitrogens is 1. The lowest BCUT2D eigenvalue weighted by molar-refractivity contribution is 0.0388. The van der Waals surface area contributed by atoms with Crippen molar-refractivity contribution in [3.05, 3.63) is 47.5 Å². The number of hydrogen-bond donors (Lipinski definition) is 2. The molecule has 0 radical (unpaired) electrons. The fraction of sp³-hybridized carbons (Fsp3) is 0.500. The smallest absolute Gasteiger partial charge is 0.254 e. The van der Waals surface area contributed by atoms with Gasteiger partial charge in [-0.2, -0.15) is 0 Å². The van der Waals surface area contributed by atoms with E-state index in [1.165, 1.54) is 6.33 Å². The van der Waals surface area contributed by atoms with E-state index in [0.29, 0.717) is 5.65 Å². The number of imidazole rings is 1. The summed E-state index contributed by atoms with van der Waals surface area (Å²) in [6.07, 6.45) is 6.92. The van der Waals surface area contributed by atoms with Crippen LogP contribution in [0.4, 0.5) is 5.82 Å². The lowest BCUT2D eigenvalue weighted by Crippen LogP contribution is -2.59. The van der Waals surface area contributed by atoms with E-state index < -0.39 is 0 Å². The highest BCUT2D eigenvalue weighted by Crippen LogP contribution is 2.33. The second-order valence-electron chi connectivity index (χ2n) is 9.11. The largest absolute Gasteiger partial charge is 0.363 e. The summed E-state index contributed by atoms with van der Waals surface area (Å²) in [6, 6.07) is 6.61. The first-order valence-electron chi connectivity index (χ1n) is 11.6. The van der Waals surface area contributed by atoms with Gasteiger partial charge in [-0.05, 0) is 63.9 Å². The molecule has 1 fully saturated rings. The number of aryl methyl sites for hydroxylation is 1. The van der Waals surface area contributed by atoms with Crippen molar-refractivity contribution < 1.29 is 4.79 Å². The lowest BCUT2D eigenvalue weighted by Gasteiger charge is -2.47. The van der Waals surface area contributed by atoms with Crippen LogP contribution in [0.3, 0.4) is 0 Å². The van der Waals surface area contributed by atoms with Crippen LogP contribution in [0, 0.1) is 6.92 Å². The number of hydrogen-bond acceptors (Lipinski definition) is 6. The van der Waals surface area contributed by atoms with Gasteiger partial charge in [0.05, 0.1) is 12.4 Å². The number of rotatable bonds is 5. The molecule has 1 aromatic carbocycles. The number of anilines is 1. The number of carbonyl (C=O) groups excluding carboxylic acids is 1. The third-order valence-corrected chi connectivity index (χ3v) is 7.12. The van der Waals surface area contributed by atoms with Gasteiger partial charge in [0.2, 0.25) is 0 Å². The van der Waals surface area contributed by atoms with Crippen molar-refractivity contribution in [2.24, 2.45) is 0 Å². The van der Waals surface area contributed by atoms with E-state index in [1.54, 1.807) is 6.33 Å². The van der Waals surface area contributed by atoms with Gasteiger partial charge in [0, 0.05) is 17.6 Å². The fourth-order valence-electron chi connectivity index (χ4n) is 5.37. The molecule has 8 heteroatoms. The number of piperidine rings is 1. The van der Waals surface area contributed by atoms with Crippen molar-refractivity contribution in [1.29, 1.82) is 0 Å². The standard InChI is InChI=1S/C24H31N7O/c1-4-18(29-23-21-22(26-13-25-21)27-14-28-23)19-12-16-7-5-6-15(2)20(16)24(32)31(19)17-8-10-30(3)11-9-17/h5-7,13-14,17-19H,4,8-12H2,1-3H3,(H2,25,26,27,28,29). The Labute approximate surface area is 188 Å². The number of likely N-dealkylation sites (tertiary alicyclic amines) is 1. The maximum Gasteiger partial charge on any atom is 0.254 e. The molecule has 1 saturated heterocycles. The number of aromatic nitrogens is 4. The summed E-state index contributed by atoms with van der Waals surface area (Å²) < 4.78 is 0. The Morgan fingerprint density at radius 1 is 1.22 bits per heavy atom. The van der Waals surface area contributed by atoms with E-state index in [0.717, 1.165) is 66.8 Å². The van der Waals surface area contributed by atoms with Crippen LogP contribution in [0.25, 0.3) is 11.2 Å². The van der Waals surface area contributed by atoms with E-state index in [1.807, 2.05) is 0 Å². The second kappa shape index (κ2) is 8.50. The van der Waals surface area contributed by atoms with Crippen molar-refractivity contribution in [3.63, 3.8) is 0 Å². The van der Waals surface area contributed by atoms with Gasteiger partial charge in [0.1, 0.15) is 11.8 Å². The van der Waals surface area contributed by atoms with Gasteiger partial charge >= 0.3 is 0 Å². The number of benzene rings is 1. The minimum Gasteiger partial charge on any atom is -0.363 e. The number of nitrogens with one attached hydrogen (secondary N) is 2. The molecule has 0 saturated carbocycles. The average molecular weight is 434 g/mol. The van der Waals surface area contributed by atoms with Gasteiger partial charge < -0.3 is 20.1 Å². The molecule has 0 spiro atoms. The predicted molar refractivity (Wildman–Crippen MR) is 125 cm³/mol. The first kappa shape index (κ1) is 20.9. The van der Waals surface area contributed by atoms with Crippen LogP contribution < -0.4 is 5.32 Å². The molecule has 32 heavy (non-hydrogen) atoms. The van der Waals surface area contributed by atoms with Gasteiger partial charge in [-0.1, -0.05) is 25.1 Å². The molecule has 2 N–H and O–H groups in total. The van der Waals surface area contributed by atoms with Crippen molar-refractivity contribution in [1.82, 2.24) is 29.7 Å². The SMILES string of the molecule is CCC(Nc1ncnc2nc[nH]c12)C1Cc2cccc(C)c2C(=O)N1C1CCN(C)CC1. The van der Waals surface area contributed by atoms with Crippen LogP contribution in [0.15, 0.2) is 30.9 Å². The zero-order chi connectivity index (χ0) is 22.2. The molecule has 0 bridgehead atoms. The maximum absolute atomic E-state index is 13.9. The molecule has 8 nitrogen and oxygen atoms in total. The molecule has 0 aliphatic carbocycles. The molecular weight excluding hydrogens is 402 g/mol. The molecule has 4 heterocycles. The highest BCUT2D eigenvalue weighted by atomic mass is 16.2. The number of amides is 1. The molecule has 2 aliphatic heterocycles. The second-order valence-corrected chi connectivity index (χ2v) is 9.11. The monoisotopic (exact) mass is 433 g/mol. The van der Waals surface area contributed by atoms with Gasteiger partial charge in [-0.15, -0.1) is 0 Å². The summed E-state index contributed by atoms with van der Waals surface area (Å²) in [5.41, 5.74) is 4.56. The maximum atomic E-state index is 13.9. The van der Waals surface area contributed by atoms with Crippen molar-refractivity contribution in [2.75, 3.05) is 25.5 Å². The van der Waals surface area contributed by atoms with Crippen molar-refractivity contribution >= 4 is 22.9 Å². The third-order valence-electron chi connectivity index (χ3n) is 7.12.